The SMILES string of the molecule is O=C(Cc1n[nH]c(=O)[nH]c1=O)N/N=C/c1ccc(Cl)cc1Cl. The summed E-state index contributed by atoms with van der Waals surface area (Å²) in [6, 6.07) is 4.80. The number of aromatic nitrogens is 3. The lowest BCUT2D eigenvalue weighted by atomic mass is 10.2. The standard InChI is InChI=1S/C12H9Cl2N5O3/c13-7-2-1-6(8(14)3-7)5-15-18-10(20)4-9-11(21)16-12(22)19-17-9/h1-3,5H,4H2,(H,18,20)(H2,16,19,21,22)/b15-5+. The number of hydrazone groups is 1. The van der Waals surface area contributed by atoms with Crippen LogP contribution < -0.4 is 16.7 Å². The van der Waals surface area contributed by atoms with Crippen molar-refractivity contribution in [3.8, 4) is 0 Å². The molecule has 0 saturated carbocycles. The van der Waals surface area contributed by atoms with Crippen LogP contribution in [0.2, 0.25) is 10.0 Å². The minimum atomic E-state index is -0.746. The van der Waals surface area contributed by atoms with Gasteiger partial charge in [0.1, 0.15) is 5.69 Å². The first-order chi connectivity index (χ1) is 10.5. The molecule has 1 amide bonds. The van der Waals surface area contributed by atoms with Crippen molar-refractivity contribution in [1.82, 2.24) is 20.6 Å². The Morgan fingerprint density at radius 1 is 1.36 bits per heavy atom. The number of benzene rings is 1. The number of H-pyrrole nitrogens is 2. The second-order valence-electron chi connectivity index (χ2n) is 4.09. The highest BCUT2D eigenvalue weighted by Crippen LogP contribution is 2.19. The van der Waals surface area contributed by atoms with Gasteiger partial charge in [-0.1, -0.05) is 29.3 Å². The molecule has 0 aliphatic rings. The molecule has 1 aromatic heterocycles. The quantitative estimate of drug-likeness (QED) is 0.552. The molecule has 2 aromatic rings. The van der Waals surface area contributed by atoms with Crippen molar-refractivity contribution in [1.29, 1.82) is 0 Å². The largest absolute Gasteiger partial charge is 0.342 e. The summed E-state index contributed by atoms with van der Waals surface area (Å²) in [6.07, 6.45) is 0.999. The maximum Gasteiger partial charge on any atom is 0.342 e. The number of halogens is 2. The van der Waals surface area contributed by atoms with Crippen LogP contribution in [0, 0.1) is 0 Å². The van der Waals surface area contributed by atoms with Crippen LogP contribution >= 0.6 is 23.2 Å². The second-order valence-corrected chi connectivity index (χ2v) is 4.93. The maximum atomic E-state index is 11.6. The van der Waals surface area contributed by atoms with Crippen molar-refractivity contribution in [3.63, 3.8) is 0 Å². The highest BCUT2D eigenvalue weighted by Gasteiger charge is 2.08. The maximum absolute atomic E-state index is 11.6. The van der Waals surface area contributed by atoms with E-state index in [-0.39, 0.29) is 12.1 Å². The molecule has 114 valence electrons. The average Bonchev–Trinajstić information content (AvgIpc) is 2.44. The molecule has 22 heavy (non-hydrogen) atoms. The lowest BCUT2D eigenvalue weighted by Gasteiger charge is -2.00. The van der Waals surface area contributed by atoms with E-state index in [0.29, 0.717) is 15.6 Å². The van der Waals surface area contributed by atoms with Crippen LogP contribution in [-0.4, -0.2) is 27.3 Å². The number of rotatable bonds is 4. The Kier molecular flexibility index (Phi) is 5.08. The van der Waals surface area contributed by atoms with Gasteiger partial charge in [-0.2, -0.15) is 10.2 Å². The molecule has 1 aromatic carbocycles. The van der Waals surface area contributed by atoms with Gasteiger partial charge in [0, 0.05) is 10.6 Å². The Labute approximate surface area is 133 Å². The molecule has 0 spiro atoms. The van der Waals surface area contributed by atoms with E-state index in [1.54, 1.807) is 12.1 Å². The fourth-order valence-corrected chi connectivity index (χ4v) is 1.92. The summed E-state index contributed by atoms with van der Waals surface area (Å²) in [5.41, 5.74) is 1.17. The summed E-state index contributed by atoms with van der Waals surface area (Å²) >= 11 is 11.7. The third kappa shape index (κ3) is 4.27. The number of amides is 1. The summed E-state index contributed by atoms with van der Waals surface area (Å²) in [6.45, 7) is 0. The third-order valence-corrected chi connectivity index (χ3v) is 3.03. The molecule has 0 unspecified atom stereocenters. The molecular weight excluding hydrogens is 333 g/mol. The van der Waals surface area contributed by atoms with Gasteiger partial charge in [-0.3, -0.25) is 14.6 Å². The van der Waals surface area contributed by atoms with Gasteiger partial charge in [-0.15, -0.1) is 0 Å². The Morgan fingerprint density at radius 2 is 2.14 bits per heavy atom. The zero-order valence-electron chi connectivity index (χ0n) is 10.9. The molecule has 0 saturated heterocycles. The second kappa shape index (κ2) is 7.01. The number of hydrogen-bond donors (Lipinski definition) is 3. The first-order valence-corrected chi connectivity index (χ1v) is 6.66. The number of carbonyl (C=O) groups is 1. The van der Waals surface area contributed by atoms with Crippen molar-refractivity contribution >= 4 is 35.3 Å². The lowest BCUT2D eigenvalue weighted by molar-refractivity contribution is -0.120. The van der Waals surface area contributed by atoms with Gasteiger partial charge in [0.2, 0.25) is 5.91 Å². The zero-order chi connectivity index (χ0) is 16.1. The van der Waals surface area contributed by atoms with Gasteiger partial charge in [-0.05, 0) is 12.1 Å². The van der Waals surface area contributed by atoms with Gasteiger partial charge >= 0.3 is 5.69 Å². The Hall–Kier alpha value is -2.45. The van der Waals surface area contributed by atoms with Gasteiger partial charge in [0.05, 0.1) is 17.7 Å². The van der Waals surface area contributed by atoms with Crippen molar-refractivity contribution in [2.75, 3.05) is 0 Å². The van der Waals surface area contributed by atoms with Crippen LogP contribution in [0.4, 0.5) is 0 Å². The Balaban J connectivity index is 1.99. The van der Waals surface area contributed by atoms with E-state index < -0.39 is 17.2 Å². The molecule has 0 aliphatic heterocycles. The fraction of sp³-hybridized carbons (Fsp3) is 0.0833. The van der Waals surface area contributed by atoms with E-state index in [4.69, 9.17) is 23.2 Å². The molecule has 0 bridgehead atoms. The fourth-order valence-electron chi connectivity index (χ4n) is 1.46. The predicted octanol–water partition coefficient (Wildman–Crippen LogP) is 0.458. The summed E-state index contributed by atoms with van der Waals surface area (Å²) in [5, 5.41) is 10.1. The number of nitrogens with zero attached hydrogens (tertiary/aromatic N) is 2. The molecular formula is C12H9Cl2N5O3. The summed E-state index contributed by atoms with van der Waals surface area (Å²) in [4.78, 5) is 35.7. The highest BCUT2D eigenvalue weighted by atomic mass is 35.5. The summed E-state index contributed by atoms with van der Waals surface area (Å²) < 4.78 is 0. The van der Waals surface area contributed by atoms with Crippen molar-refractivity contribution in [2.45, 2.75) is 6.42 Å². The average molecular weight is 342 g/mol. The first kappa shape index (κ1) is 15.9. The number of nitrogens with one attached hydrogen (secondary N) is 3. The minimum Gasteiger partial charge on any atom is -0.273 e. The number of hydrogen-bond acceptors (Lipinski definition) is 5. The van der Waals surface area contributed by atoms with Gasteiger partial charge in [0.25, 0.3) is 5.56 Å². The van der Waals surface area contributed by atoms with Crippen molar-refractivity contribution < 1.29 is 4.79 Å². The Morgan fingerprint density at radius 3 is 2.82 bits per heavy atom. The molecule has 3 N–H and O–H groups in total. The predicted molar refractivity (Wildman–Crippen MR) is 81.4 cm³/mol. The molecule has 10 heteroatoms. The lowest BCUT2D eigenvalue weighted by Crippen LogP contribution is -2.31. The van der Waals surface area contributed by atoms with Crippen LogP contribution in [-0.2, 0) is 11.2 Å². The van der Waals surface area contributed by atoms with Gasteiger partial charge < -0.3 is 0 Å². The third-order valence-electron chi connectivity index (χ3n) is 2.46. The molecule has 0 atom stereocenters. The van der Waals surface area contributed by atoms with Crippen LogP contribution in [0.25, 0.3) is 0 Å². The summed E-state index contributed by atoms with van der Waals surface area (Å²) in [7, 11) is 0. The monoisotopic (exact) mass is 341 g/mol. The number of aromatic amines is 2. The molecule has 1 heterocycles. The first-order valence-electron chi connectivity index (χ1n) is 5.90. The zero-order valence-corrected chi connectivity index (χ0v) is 12.4. The molecule has 0 radical (unpaired) electrons. The molecule has 8 nitrogen and oxygen atoms in total. The van der Waals surface area contributed by atoms with Crippen LogP contribution in [0.3, 0.4) is 0 Å². The van der Waals surface area contributed by atoms with Gasteiger partial charge in [-0.25, -0.2) is 15.3 Å². The topological polar surface area (TPSA) is 120 Å². The van der Waals surface area contributed by atoms with Crippen molar-refractivity contribution in [2.24, 2.45) is 5.10 Å². The van der Waals surface area contributed by atoms with E-state index in [0.717, 1.165) is 0 Å². The van der Waals surface area contributed by atoms with E-state index >= 15 is 0 Å². The Bertz CT molecular complexity index is 843. The minimum absolute atomic E-state index is 0.128. The van der Waals surface area contributed by atoms with E-state index in [2.05, 4.69) is 15.6 Å². The number of carbonyl (C=O) groups excluding carboxylic acids is 1. The van der Waals surface area contributed by atoms with Crippen LogP contribution in [0.15, 0.2) is 32.9 Å². The normalized spacial score (nSPS) is 10.8. The van der Waals surface area contributed by atoms with Gasteiger partial charge in [0.15, 0.2) is 0 Å². The van der Waals surface area contributed by atoms with E-state index in [1.165, 1.54) is 12.3 Å². The van der Waals surface area contributed by atoms with E-state index in [9.17, 15) is 14.4 Å². The van der Waals surface area contributed by atoms with Crippen molar-refractivity contribution in [3.05, 3.63) is 60.3 Å². The highest BCUT2D eigenvalue weighted by molar-refractivity contribution is 6.36. The molecule has 2 rings (SSSR count). The molecule has 0 aliphatic carbocycles. The summed E-state index contributed by atoms with van der Waals surface area (Å²) in [5.74, 6) is -0.577. The molecule has 0 fully saturated rings. The van der Waals surface area contributed by atoms with Crippen LogP contribution in [0.5, 0.6) is 0 Å². The smallest absolute Gasteiger partial charge is 0.273 e. The van der Waals surface area contributed by atoms with Crippen LogP contribution in [0.1, 0.15) is 11.3 Å². The van der Waals surface area contributed by atoms with E-state index in [1.807, 2.05) is 10.1 Å².